The second-order valence-electron chi connectivity index (χ2n) is 6.59. The third-order valence-corrected chi connectivity index (χ3v) is 3.52. The van der Waals surface area contributed by atoms with E-state index in [1.807, 2.05) is 12.1 Å². The van der Waals surface area contributed by atoms with Crippen molar-refractivity contribution in [2.75, 3.05) is 6.61 Å². The number of amides is 2. The topological polar surface area (TPSA) is 72.5 Å². The van der Waals surface area contributed by atoms with E-state index in [9.17, 15) is 14.4 Å². The van der Waals surface area contributed by atoms with E-state index < -0.39 is 18.4 Å². The van der Waals surface area contributed by atoms with Crippen molar-refractivity contribution in [2.45, 2.75) is 39.0 Å². The van der Waals surface area contributed by atoms with Gasteiger partial charge < -0.3 is 4.74 Å². The van der Waals surface area contributed by atoms with Crippen molar-refractivity contribution in [2.24, 2.45) is 5.92 Å². The Morgan fingerprint density at radius 3 is 2.23 bits per heavy atom. The van der Waals surface area contributed by atoms with Gasteiger partial charge in [0.05, 0.1) is 5.92 Å². The van der Waals surface area contributed by atoms with Crippen LogP contribution in [0, 0.1) is 5.92 Å². The maximum absolute atomic E-state index is 11.9. The van der Waals surface area contributed by atoms with Crippen molar-refractivity contribution in [1.29, 1.82) is 0 Å². The lowest BCUT2D eigenvalue weighted by Crippen LogP contribution is -2.34. The minimum absolute atomic E-state index is 0.00182. The van der Waals surface area contributed by atoms with Crippen LogP contribution in [0.3, 0.4) is 0 Å². The number of hydrogen-bond acceptors (Lipinski definition) is 4. The first-order valence-electron chi connectivity index (χ1n) is 7.39. The number of carbonyl (C=O) groups excluding carboxylic acids is 3. The van der Waals surface area contributed by atoms with E-state index in [2.05, 4.69) is 26.1 Å². The Hall–Kier alpha value is -2.17. The summed E-state index contributed by atoms with van der Waals surface area (Å²) in [7, 11) is 0. The summed E-state index contributed by atoms with van der Waals surface area (Å²) >= 11 is 0. The molecule has 2 rings (SSSR count). The molecule has 22 heavy (non-hydrogen) atoms. The van der Waals surface area contributed by atoms with Gasteiger partial charge in [-0.25, -0.2) is 0 Å². The number of imide groups is 1. The lowest BCUT2D eigenvalue weighted by Gasteiger charge is -2.18. The molecule has 1 N–H and O–H groups in total. The first-order chi connectivity index (χ1) is 10.3. The zero-order valence-corrected chi connectivity index (χ0v) is 13.1. The summed E-state index contributed by atoms with van der Waals surface area (Å²) in [6.07, 6.45) is 1.64. The number of esters is 1. The van der Waals surface area contributed by atoms with Crippen LogP contribution in [0.25, 0.3) is 0 Å². The third kappa shape index (κ3) is 4.41. The first-order valence-corrected chi connectivity index (χ1v) is 7.39. The summed E-state index contributed by atoms with van der Waals surface area (Å²) in [5.74, 6) is -1.53. The molecule has 0 saturated heterocycles. The summed E-state index contributed by atoms with van der Waals surface area (Å²) in [6.45, 7) is 5.83. The predicted octanol–water partition coefficient (Wildman–Crippen LogP) is 2.19. The van der Waals surface area contributed by atoms with Crippen molar-refractivity contribution in [3.05, 3.63) is 35.4 Å². The van der Waals surface area contributed by atoms with Crippen molar-refractivity contribution < 1.29 is 19.1 Å². The molecule has 0 spiro atoms. The van der Waals surface area contributed by atoms with E-state index in [4.69, 9.17) is 4.74 Å². The van der Waals surface area contributed by atoms with Gasteiger partial charge >= 0.3 is 5.97 Å². The summed E-state index contributed by atoms with van der Waals surface area (Å²) < 4.78 is 4.83. The van der Waals surface area contributed by atoms with Gasteiger partial charge in [0.1, 0.15) is 0 Å². The number of rotatable bonds is 4. The predicted molar refractivity (Wildman–Crippen MR) is 81.3 cm³/mol. The Kier molecular flexibility index (Phi) is 4.64. The van der Waals surface area contributed by atoms with E-state index in [-0.39, 0.29) is 17.3 Å². The molecule has 0 unspecified atom stereocenters. The highest BCUT2D eigenvalue weighted by atomic mass is 16.5. The number of hydrogen-bond donors (Lipinski definition) is 1. The molecule has 1 aromatic carbocycles. The highest BCUT2D eigenvalue weighted by Crippen LogP contribution is 2.29. The number of carbonyl (C=O) groups is 3. The van der Waals surface area contributed by atoms with Crippen LogP contribution >= 0.6 is 0 Å². The Morgan fingerprint density at radius 2 is 1.73 bits per heavy atom. The van der Waals surface area contributed by atoms with Gasteiger partial charge in [0.15, 0.2) is 6.61 Å². The van der Waals surface area contributed by atoms with Crippen LogP contribution in [0.1, 0.15) is 49.5 Å². The normalized spacial score (nSPS) is 14.3. The Balaban J connectivity index is 1.85. The van der Waals surface area contributed by atoms with E-state index in [0.29, 0.717) is 5.56 Å². The Morgan fingerprint density at radius 1 is 1.14 bits per heavy atom. The summed E-state index contributed by atoms with van der Waals surface area (Å²) in [6, 6.07) is 7.10. The highest BCUT2D eigenvalue weighted by molar-refractivity contribution is 6.05. The standard InChI is InChI=1S/C17H21NO4/c1-17(2,3)13-8-6-11(7-9-13)15(20)18-14(19)10-22-16(21)12-4-5-12/h6-9,12H,4-5,10H2,1-3H3,(H,18,19,20). The van der Waals surface area contributed by atoms with Gasteiger partial charge in [-0.15, -0.1) is 0 Å². The number of benzene rings is 1. The first kappa shape index (κ1) is 16.2. The molecule has 1 saturated carbocycles. The SMILES string of the molecule is CC(C)(C)c1ccc(C(=O)NC(=O)COC(=O)C2CC2)cc1. The maximum Gasteiger partial charge on any atom is 0.309 e. The van der Waals surface area contributed by atoms with Crippen LogP contribution in [-0.2, 0) is 19.7 Å². The molecule has 1 aliphatic carbocycles. The van der Waals surface area contributed by atoms with E-state index >= 15 is 0 Å². The second-order valence-corrected chi connectivity index (χ2v) is 6.59. The molecule has 0 aromatic heterocycles. The van der Waals surface area contributed by atoms with Gasteiger partial charge in [0, 0.05) is 5.56 Å². The summed E-state index contributed by atoms with van der Waals surface area (Å²) in [4.78, 5) is 34.8. The fraction of sp³-hybridized carbons (Fsp3) is 0.471. The average molecular weight is 303 g/mol. The van der Waals surface area contributed by atoms with Crippen LogP contribution in [0.2, 0.25) is 0 Å². The second kappa shape index (κ2) is 6.30. The van der Waals surface area contributed by atoms with Crippen LogP contribution < -0.4 is 5.32 Å². The smallest absolute Gasteiger partial charge is 0.309 e. The molecule has 118 valence electrons. The number of ether oxygens (including phenoxy) is 1. The van der Waals surface area contributed by atoms with Crippen molar-refractivity contribution >= 4 is 17.8 Å². The molecule has 1 aromatic rings. The van der Waals surface area contributed by atoms with Gasteiger partial charge in [-0.1, -0.05) is 32.9 Å². The van der Waals surface area contributed by atoms with Gasteiger partial charge in [-0.2, -0.15) is 0 Å². The van der Waals surface area contributed by atoms with Crippen LogP contribution in [0.5, 0.6) is 0 Å². The van der Waals surface area contributed by atoms with Crippen molar-refractivity contribution in [1.82, 2.24) is 5.32 Å². The highest BCUT2D eigenvalue weighted by Gasteiger charge is 2.31. The summed E-state index contributed by atoms with van der Waals surface area (Å²) in [5, 5.41) is 2.21. The minimum atomic E-state index is -0.612. The largest absolute Gasteiger partial charge is 0.455 e. The van der Waals surface area contributed by atoms with Crippen LogP contribution in [0.15, 0.2) is 24.3 Å². The molecule has 5 heteroatoms. The van der Waals surface area contributed by atoms with Gasteiger partial charge in [0.2, 0.25) is 0 Å². The average Bonchev–Trinajstić information content (AvgIpc) is 3.28. The molecule has 1 aliphatic rings. The molecule has 5 nitrogen and oxygen atoms in total. The van der Waals surface area contributed by atoms with Crippen LogP contribution in [0.4, 0.5) is 0 Å². The Bertz CT molecular complexity index is 580. The molecular formula is C17H21NO4. The minimum Gasteiger partial charge on any atom is -0.455 e. The van der Waals surface area contributed by atoms with E-state index in [1.54, 1.807) is 12.1 Å². The Labute approximate surface area is 130 Å². The fourth-order valence-electron chi connectivity index (χ4n) is 1.93. The molecule has 1 fully saturated rings. The number of nitrogens with one attached hydrogen (secondary N) is 1. The quantitative estimate of drug-likeness (QED) is 0.865. The van der Waals surface area contributed by atoms with Crippen molar-refractivity contribution in [3.8, 4) is 0 Å². The molecule has 0 atom stereocenters. The van der Waals surface area contributed by atoms with Gasteiger partial charge in [-0.05, 0) is 36.0 Å². The zero-order valence-electron chi connectivity index (χ0n) is 13.1. The zero-order chi connectivity index (χ0) is 16.3. The lowest BCUT2D eigenvalue weighted by molar-refractivity contribution is -0.149. The molecule has 0 bridgehead atoms. The van der Waals surface area contributed by atoms with E-state index in [0.717, 1.165) is 18.4 Å². The van der Waals surface area contributed by atoms with Gasteiger partial charge in [-0.3, -0.25) is 19.7 Å². The van der Waals surface area contributed by atoms with Crippen LogP contribution in [-0.4, -0.2) is 24.4 Å². The molecule has 0 radical (unpaired) electrons. The fourth-order valence-corrected chi connectivity index (χ4v) is 1.93. The monoisotopic (exact) mass is 303 g/mol. The lowest BCUT2D eigenvalue weighted by atomic mass is 9.87. The molecule has 0 aliphatic heterocycles. The maximum atomic E-state index is 11.9. The summed E-state index contributed by atoms with van der Waals surface area (Å²) in [5.41, 5.74) is 1.51. The van der Waals surface area contributed by atoms with Gasteiger partial charge in [0.25, 0.3) is 11.8 Å². The third-order valence-electron chi connectivity index (χ3n) is 3.52. The molecule has 2 amide bonds. The molecular weight excluding hydrogens is 282 g/mol. The van der Waals surface area contributed by atoms with Crippen molar-refractivity contribution in [3.63, 3.8) is 0 Å². The van der Waals surface area contributed by atoms with E-state index in [1.165, 1.54) is 0 Å². The molecule has 0 heterocycles.